The second-order valence-electron chi connectivity index (χ2n) is 2.66. The Morgan fingerprint density at radius 3 is 2.80 bits per heavy atom. The van der Waals surface area contributed by atoms with Gasteiger partial charge in [-0.1, -0.05) is 29.8 Å². The fourth-order valence-corrected chi connectivity index (χ4v) is 1.67. The molecule has 1 aliphatic heterocycles. The van der Waals surface area contributed by atoms with Gasteiger partial charge in [-0.25, -0.2) is 0 Å². The molecule has 2 nitrogen and oxygen atoms in total. The van der Waals surface area contributed by atoms with Gasteiger partial charge in [0, 0.05) is 10.7 Å². The van der Waals surface area contributed by atoms with Gasteiger partial charge in [-0.15, -0.1) is 0 Å². The van der Waals surface area contributed by atoms with Crippen molar-refractivity contribution in [2.24, 2.45) is 10.9 Å². The minimum absolute atomic E-state index is 0.307. The maximum Gasteiger partial charge on any atom is 0.0871 e. The third kappa shape index (κ3) is 1.59. The number of hydrogen-bond donors (Lipinski definition) is 1. The quantitative estimate of drug-likeness (QED) is 0.691. The van der Waals surface area contributed by atoms with E-state index in [-0.39, 0.29) is 0 Å². The van der Waals surface area contributed by atoms with Crippen molar-refractivity contribution in [1.82, 2.24) is 5.32 Å². The topological polar surface area (TPSA) is 24.4 Å². The molecule has 1 unspecified atom stereocenters. The molecular weight excluding hydrogens is 192 g/mol. The summed E-state index contributed by atoms with van der Waals surface area (Å²) in [5.41, 5.74) is 0. The molecule has 0 amide bonds. The van der Waals surface area contributed by atoms with Crippen LogP contribution in [0.4, 0.5) is 0 Å². The lowest BCUT2D eigenvalue weighted by Crippen LogP contribution is -2.21. The lowest BCUT2D eigenvalue weighted by atomic mass is 10.1. The van der Waals surface area contributed by atoms with E-state index in [1.807, 2.05) is 6.20 Å². The molecule has 0 bridgehead atoms. The SMILES string of the molecule is CC(C)C1N=CNC=C1Br. The summed E-state index contributed by atoms with van der Waals surface area (Å²) in [7, 11) is 0. The van der Waals surface area contributed by atoms with Crippen LogP contribution in [0.15, 0.2) is 15.7 Å². The van der Waals surface area contributed by atoms with Gasteiger partial charge in [-0.3, -0.25) is 4.99 Å². The molecule has 0 spiro atoms. The average molecular weight is 203 g/mol. The van der Waals surface area contributed by atoms with Crippen molar-refractivity contribution in [3.05, 3.63) is 10.7 Å². The van der Waals surface area contributed by atoms with Gasteiger partial charge >= 0.3 is 0 Å². The third-order valence-electron chi connectivity index (χ3n) is 1.44. The van der Waals surface area contributed by atoms with Gasteiger partial charge < -0.3 is 5.32 Å². The van der Waals surface area contributed by atoms with Gasteiger partial charge in [-0.2, -0.15) is 0 Å². The van der Waals surface area contributed by atoms with Crippen LogP contribution in [-0.2, 0) is 0 Å². The van der Waals surface area contributed by atoms with Crippen molar-refractivity contribution in [2.45, 2.75) is 19.9 Å². The van der Waals surface area contributed by atoms with Crippen LogP contribution >= 0.6 is 15.9 Å². The van der Waals surface area contributed by atoms with Crippen molar-refractivity contribution >= 4 is 22.3 Å². The highest BCUT2D eigenvalue weighted by Gasteiger charge is 2.15. The molecule has 0 radical (unpaired) electrons. The first-order valence-electron chi connectivity index (χ1n) is 3.35. The van der Waals surface area contributed by atoms with E-state index < -0.39 is 0 Å². The number of hydrogen-bond acceptors (Lipinski definition) is 2. The van der Waals surface area contributed by atoms with E-state index >= 15 is 0 Å². The van der Waals surface area contributed by atoms with Gasteiger partial charge in [0.2, 0.25) is 0 Å². The largest absolute Gasteiger partial charge is 0.352 e. The second-order valence-corrected chi connectivity index (χ2v) is 3.58. The van der Waals surface area contributed by atoms with Crippen LogP contribution < -0.4 is 5.32 Å². The van der Waals surface area contributed by atoms with E-state index in [0.29, 0.717) is 12.0 Å². The Bertz CT molecular complexity index is 172. The number of nitrogens with one attached hydrogen (secondary N) is 1. The van der Waals surface area contributed by atoms with Crippen LogP contribution in [0.2, 0.25) is 0 Å². The van der Waals surface area contributed by atoms with E-state index in [4.69, 9.17) is 0 Å². The van der Waals surface area contributed by atoms with Crippen molar-refractivity contribution in [1.29, 1.82) is 0 Å². The summed E-state index contributed by atoms with van der Waals surface area (Å²) in [6.07, 6.45) is 3.66. The Morgan fingerprint density at radius 1 is 1.70 bits per heavy atom. The summed E-state index contributed by atoms with van der Waals surface area (Å²) in [5, 5.41) is 2.92. The highest BCUT2D eigenvalue weighted by atomic mass is 79.9. The van der Waals surface area contributed by atoms with Gasteiger partial charge in [0.25, 0.3) is 0 Å². The molecule has 0 saturated heterocycles. The predicted octanol–water partition coefficient (Wildman–Crippen LogP) is 1.88. The summed E-state index contributed by atoms with van der Waals surface area (Å²) in [6.45, 7) is 4.31. The second kappa shape index (κ2) is 3.19. The van der Waals surface area contributed by atoms with E-state index in [9.17, 15) is 0 Å². The molecular formula is C7H11BrN2. The van der Waals surface area contributed by atoms with Crippen molar-refractivity contribution in [3.63, 3.8) is 0 Å². The molecule has 1 atom stereocenters. The molecule has 0 aromatic heterocycles. The zero-order valence-electron chi connectivity index (χ0n) is 6.13. The number of rotatable bonds is 1. The molecule has 1 aliphatic rings. The zero-order valence-corrected chi connectivity index (χ0v) is 7.72. The van der Waals surface area contributed by atoms with Gasteiger partial charge in [0.15, 0.2) is 0 Å². The molecule has 0 fully saturated rings. The Morgan fingerprint density at radius 2 is 2.40 bits per heavy atom. The lowest BCUT2D eigenvalue weighted by molar-refractivity contribution is 0.563. The van der Waals surface area contributed by atoms with Crippen molar-refractivity contribution in [3.8, 4) is 0 Å². The first-order valence-corrected chi connectivity index (χ1v) is 4.14. The maximum atomic E-state index is 4.26. The Labute approximate surface area is 69.5 Å². The highest BCUT2D eigenvalue weighted by molar-refractivity contribution is 9.11. The molecule has 10 heavy (non-hydrogen) atoms. The number of aliphatic imine (C=N–C) groups is 1. The summed E-state index contributed by atoms with van der Waals surface area (Å²) in [5.74, 6) is 0.559. The zero-order chi connectivity index (χ0) is 7.56. The van der Waals surface area contributed by atoms with E-state index in [2.05, 4.69) is 40.1 Å². The van der Waals surface area contributed by atoms with Crippen LogP contribution in [0.1, 0.15) is 13.8 Å². The predicted molar refractivity (Wildman–Crippen MR) is 47.3 cm³/mol. The normalized spacial score (nSPS) is 24.4. The minimum Gasteiger partial charge on any atom is -0.352 e. The Hall–Kier alpha value is -0.310. The van der Waals surface area contributed by atoms with Crippen LogP contribution in [0, 0.1) is 5.92 Å². The average Bonchev–Trinajstić information content (AvgIpc) is 1.88. The smallest absolute Gasteiger partial charge is 0.0871 e. The summed E-state index contributed by atoms with van der Waals surface area (Å²) < 4.78 is 1.13. The van der Waals surface area contributed by atoms with Crippen LogP contribution in [-0.4, -0.2) is 12.4 Å². The van der Waals surface area contributed by atoms with Crippen molar-refractivity contribution < 1.29 is 0 Å². The molecule has 3 heteroatoms. The molecule has 0 aromatic carbocycles. The van der Waals surface area contributed by atoms with E-state index in [1.165, 1.54) is 0 Å². The van der Waals surface area contributed by atoms with Crippen LogP contribution in [0.3, 0.4) is 0 Å². The highest BCUT2D eigenvalue weighted by Crippen LogP contribution is 2.21. The summed E-state index contributed by atoms with van der Waals surface area (Å²) in [6, 6.07) is 0.307. The summed E-state index contributed by atoms with van der Waals surface area (Å²) >= 11 is 3.44. The molecule has 1 rings (SSSR count). The molecule has 1 N–H and O–H groups in total. The van der Waals surface area contributed by atoms with E-state index in [0.717, 1.165) is 4.48 Å². The van der Waals surface area contributed by atoms with Gasteiger partial charge in [0.1, 0.15) is 0 Å². The van der Waals surface area contributed by atoms with Gasteiger partial charge in [-0.05, 0) is 5.92 Å². The standard InChI is InChI=1S/C7H11BrN2/c1-5(2)7-6(8)3-9-4-10-7/h3-5,7H,1-2H3,(H,9,10). The third-order valence-corrected chi connectivity index (χ3v) is 2.14. The molecule has 0 saturated carbocycles. The molecule has 0 aromatic rings. The fraction of sp³-hybridized carbons (Fsp3) is 0.571. The first-order chi connectivity index (χ1) is 4.72. The van der Waals surface area contributed by atoms with Gasteiger partial charge in [0.05, 0.1) is 12.4 Å². The minimum atomic E-state index is 0.307. The fourth-order valence-electron chi connectivity index (χ4n) is 0.887. The maximum absolute atomic E-state index is 4.26. The van der Waals surface area contributed by atoms with E-state index in [1.54, 1.807) is 6.34 Å². The van der Waals surface area contributed by atoms with Crippen LogP contribution in [0.5, 0.6) is 0 Å². The lowest BCUT2D eigenvalue weighted by Gasteiger charge is -2.18. The Balaban J connectivity index is 2.65. The van der Waals surface area contributed by atoms with Crippen LogP contribution in [0.25, 0.3) is 0 Å². The number of nitrogens with zero attached hydrogens (tertiary/aromatic N) is 1. The van der Waals surface area contributed by atoms with Crippen molar-refractivity contribution in [2.75, 3.05) is 0 Å². The molecule has 0 aliphatic carbocycles. The summed E-state index contributed by atoms with van der Waals surface area (Å²) in [4.78, 5) is 4.26. The molecule has 1 heterocycles. The first kappa shape index (κ1) is 7.79. The number of halogens is 1. The molecule has 56 valence electrons. The Kier molecular flexibility index (Phi) is 2.49. The monoisotopic (exact) mass is 202 g/mol.